The summed E-state index contributed by atoms with van der Waals surface area (Å²) in [7, 11) is -0.989. The van der Waals surface area contributed by atoms with Gasteiger partial charge in [0.2, 0.25) is 0 Å². The van der Waals surface area contributed by atoms with Crippen LogP contribution < -0.4 is 9.26 Å². The second-order valence-corrected chi connectivity index (χ2v) is 24.3. The molecule has 0 aromatic heterocycles. The summed E-state index contributed by atoms with van der Waals surface area (Å²) in [5.74, 6) is 0.866. The molecule has 0 saturated heterocycles. The van der Waals surface area contributed by atoms with Crippen LogP contribution in [-0.4, -0.2) is 5.97 Å². The third-order valence-corrected chi connectivity index (χ3v) is 13.1. The van der Waals surface area contributed by atoms with Crippen LogP contribution in [0.3, 0.4) is 0 Å². The molecule has 0 bridgehead atoms. The van der Waals surface area contributed by atoms with Crippen LogP contribution in [-0.2, 0) is 49.6 Å². The molecule has 0 spiro atoms. The van der Waals surface area contributed by atoms with Gasteiger partial charge in [-0.1, -0.05) is 185 Å². The van der Waals surface area contributed by atoms with Gasteiger partial charge in [-0.2, -0.15) is 0 Å². The summed E-state index contributed by atoms with van der Waals surface area (Å²) in [4.78, 5) is 13.7. The highest BCUT2D eigenvalue weighted by molar-refractivity contribution is 7.51. The van der Waals surface area contributed by atoms with E-state index in [-0.39, 0.29) is 38.5 Å². The number of fused-ring (bicyclic) bond motifs is 1. The van der Waals surface area contributed by atoms with E-state index in [9.17, 15) is 4.79 Å². The van der Waals surface area contributed by atoms with Gasteiger partial charge in [0.25, 0.3) is 0 Å². The van der Waals surface area contributed by atoms with Crippen LogP contribution in [0.5, 0.6) is 11.5 Å². The second-order valence-electron chi connectivity index (χ2n) is 22.5. The Bertz CT molecular complexity index is 1980. The molecule has 0 fully saturated rings. The topological polar surface area (TPSA) is 35.5 Å². The Balaban J connectivity index is 1.57. The average molecular weight is 775 g/mol. The van der Waals surface area contributed by atoms with E-state index >= 15 is 0 Å². The first-order chi connectivity index (χ1) is 25.4. The van der Waals surface area contributed by atoms with Crippen LogP contribution in [0.4, 0.5) is 0 Å². The molecule has 5 rings (SSSR count). The summed E-state index contributed by atoms with van der Waals surface area (Å²) in [6.45, 7) is 40.9. The lowest BCUT2D eigenvalue weighted by atomic mass is 9.77. The molecule has 4 aromatic carbocycles. The fraction of sp³-hybridized carbons (Fsp3) is 0.519. The van der Waals surface area contributed by atoms with E-state index in [1.165, 1.54) is 38.9 Å². The number of carbonyl (C=O) groups excluding carboxylic acids is 1. The molecular formula is C52H71O3P. The third-order valence-electron chi connectivity index (χ3n) is 11.3. The van der Waals surface area contributed by atoms with Crippen LogP contribution in [0.15, 0.2) is 72.8 Å². The van der Waals surface area contributed by atoms with Crippen molar-refractivity contribution in [1.82, 2.24) is 0 Å². The van der Waals surface area contributed by atoms with Gasteiger partial charge in [-0.25, -0.2) is 0 Å². The van der Waals surface area contributed by atoms with Crippen molar-refractivity contribution in [3.05, 3.63) is 128 Å². The van der Waals surface area contributed by atoms with Crippen LogP contribution in [0.25, 0.3) is 0 Å². The second kappa shape index (κ2) is 15.1. The minimum absolute atomic E-state index is 0.0178. The Labute approximate surface area is 342 Å². The van der Waals surface area contributed by atoms with Gasteiger partial charge in [0, 0.05) is 23.5 Å². The number of carbonyl (C=O) groups is 1. The Hall–Kier alpha value is -3.42. The number of rotatable bonds is 7. The molecule has 4 heteroatoms. The first-order valence-electron chi connectivity index (χ1n) is 20.7. The molecule has 0 radical (unpaired) electrons. The Morgan fingerprint density at radius 3 is 1.30 bits per heavy atom. The predicted molar refractivity (Wildman–Crippen MR) is 240 cm³/mol. The van der Waals surface area contributed by atoms with E-state index in [1.54, 1.807) is 0 Å². The first-order valence-corrected chi connectivity index (χ1v) is 22.3. The van der Waals surface area contributed by atoms with Crippen LogP contribution >= 0.6 is 8.15 Å². The van der Waals surface area contributed by atoms with Crippen molar-refractivity contribution in [2.75, 3.05) is 0 Å². The molecule has 1 atom stereocenters. The van der Waals surface area contributed by atoms with Gasteiger partial charge in [-0.15, -0.1) is 0 Å². The van der Waals surface area contributed by atoms with E-state index in [0.29, 0.717) is 0 Å². The number of hydrogen-bond acceptors (Lipinski definition) is 3. The van der Waals surface area contributed by atoms with Crippen molar-refractivity contribution in [2.24, 2.45) is 0 Å². The van der Waals surface area contributed by atoms with E-state index in [0.717, 1.165) is 40.5 Å². The number of hydrogen-bond donors (Lipinski definition) is 0. The van der Waals surface area contributed by atoms with Crippen molar-refractivity contribution < 1.29 is 14.1 Å². The van der Waals surface area contributed by atoms with E-state index < -0.39 is 14.1 Å². The number of ether oxygens (including phenoxy) is 1. The van der Waals surface area contributed by atoms with Crippen molar-refractivity contribution in [3.63, 3.8) is 0 Å². The van der Waals surface area contributed by atoms with Gasteiger partial charge in [-0.3, -0.25) is 4.79 Å². The summed E-state index contributed by atoms with van der Waals surface area (Å²) in [6.07, 6.45) is 1.68. The highest BCUT2D eigenvalue weighted by Crippen LogP contribution is 2.51. The fourth-order valence-electron chi connectivity index (χ4n) is 7.70. The van der Waals surface area contributed by atoms with Crippen molar-refractivity contribution in [3.8, 4) is 11.5 Å². The quantitative estimate of drug-likeness (QED) is 0.107. The zero-order chi connectivity index (χ0) is 42.0. The van der Waals surface area contributed by atoms with Crippen molar-refractivity contribution >= 4 is 14.1 Å². The zero-order valence-corrected chi connectivity index (χ0v) is 39.0. The zero-order valence-electron chi connectivity index (χ0n) is 38.1. The molecule has 302 valence electrons. The van der Waals surface area contributed by atoms with Gasteiger partial charge in [0.1, 0.15) is 17.4 Å². The normalized spacial score (nSPS) is 15.6. The van der Waals surface area contributed by atoms with E-state index in [4.69, 9.17) is 9.26 Å². The number of benzene rings is 4. The minimum atomic E-state index is -0.989. The van der Waals surface area contributed by atoms with Crippen LogP contribution in [0, 0.1) is 0 Å². The average Bonchev–Trinajstić information content (AvgIpc) is 3.37. The summed E-state index contributed by atoms with van der Waals surface area (Å²) in [5.41, 5.74) is 12.2. The number of esters is 1. The molecule has 56 heavy (non-hydrogen) atoms. The lowest BCUT2D eigenvalue weighted by Crippen LogP contribution is -2.19. The van der Waals surface area contributed by atoms with Gasteiger partial charge in [0.05, 0.1) is 8.15 Å². The van der Waals surface area contributed by atoms with Gasteiger partial charge >= 0.3 is 5.97 Å². The van der Waals surface area contributed by atoms with E-state index in [1.807, 2.05) is 0 Å². The molecular weight excluding hydrogens is 704 g/mol. The third kappa shape index (κ3) is 9.81. The van der Waals surface area contributed by atoms with E-state index in [2.05, 4.69) is 197 Å². The maximum absolute atomic E-state index is 13.7. The van der Waals surface area contributed by atoms with Gasteiger partial charge in [0.15, 0.2) is 0 Å². The Kier molecular flexibility index (Phi) is 11.8. The van der Waals surface area contributed by atoms with Gasteiger partial charge in [-0.05, 0) is 89.1 Å². The highest BCUT2D eigenvalue weighted by atomic mass is 31.1. The molecule has 3 nitrogen and oxygen atoms in total. The molecule has 1 unspecified atom stereocenters. The lowest BCUT2D eigenvalue weighted by Gasteiger charge is -2.31. The largest absolute Gasteiger partial charge is 0.473 e. The fourth-order valence-corrected chi connectivity index (χ4v) is 9.67. The summed E-state index contributed by atoms with van der Waals surface area (Å²) >= 11 is 0. The molecule has 0 N–H and O–H groups in total. The summed E-state index contributed by atoms with van der Waals surface area (Å²) in [6, 6.07) is 26.9. The molecule has 1 aliphatic heterocycles. The Morgan fingerprint density at radius 2 is 0.911 bits per heavy atom. The molecule has 1 aliphatic rings. The molecule has 0 amide bonds. The molecule has 0 aliphatic carbocycles. The monoisotopic (exact) mass is 775 g/mol. The maximum Gasteiger partial charge on any atom is 0.323 e. The smallest absolute Gasteiger partial charge is 0.323 e. The lowest BCUT2D eigenvalue weighted by molar-refractivity contribution is -0.133. The van der Waals surface area contributed by atoms with Gasteiger partial charge < -0.3 is 9.26 Å². The van der Waals surface area contributed by atoms with Crippen LogP contribution in [0.1, 0.15) is 186 Å². The minimum Gasteiger partial charge on any atom is -0.473 e. The van der Waals surface area contributed by atoms with Crippen LogP contribution in [0.2, 0.25) is 0 Å². The molecule has 1 heterocycles. The Morgan fingerprint density at radius 1 is 0.500 bits per heavy atom. The van der Waals surface area contributed by atoms with Crippen molar-refractivity contribution in [2.45, 2.75) is 175 Å². The molecule has 4 aromatic rings. The summed E-state index contributed by atoms with van der Waals surface area (Å²) in [5, 5.41) is 0. The predicted octanol–water partition coefficient (Wildman–Crippen LogP) is 14.7. The summed E-state index contributed by atoms with van der Waals surface area (Å²) < 4.78 is 13.2. The SMILES string of the molecule is CC(C)(C)c1ccc(CP(Cc2ccc(C(C)(C)C)cc2C(C)(C)C)Oc2ccc(C3C(=O)Oc4c3cc(C(C)(C)C)cc4C(C)(C)C)cc2)c(C(C)(C)C)c1. The maximum atomic E-state index is 13.7. The highest BCUT2D eigenvalue weighted by Gasteiger charge is 2.40. The standard InChI is InChI=1S/C52H71O3P/c1-47(2,3)36-23-19-34(41(28-36)50(10,11)12)31-56(32-35-20-24-37(48(4,5)6)29-42(35)51(13,14)15)55-39-25-21-33(22-26-39)44-40-27-38(49(7,8)9)30-43(52(16,17)18)45(40)54-46(44)53/h19-30,44H,31-32H2,1-18H3. The first kappa shape index (κ1) is 43.7. The van der Waals surface area contributed by atoms with Crippen molar-refractivity contribution in [1.29, 1.82) is 0 Å². The molecule has 0 saturated carbocycles.